The summed E-state index contributed by atoms with van der Waals surface area (Å²) in [6.45, 7) is 1.64. The number of rotatable bonds is 6. The maximum Gasteiger partial charge on any atom is 0.277 e. The van der Waals surface area contributed by atoms with E-state index in [2.05, 4.69) is 4.98 Å². The summed E-state index contributed by atoms with van der Waals surface area (Å²) < 4.78 is 1.14. The molecule has 7 heteroatoms. The van der Waals surface area contributed by atoms with Crippen LogP contribution in [-0.4, -0.2) is 36.4 Å². The summed E-state index contributed by atoms with van der Waals surface area (Å²) in [5, 5.41) is 2.03. The van der Waals surface area contributed by atoms with Gasteiger partial charge in [0, 0.05) is 12.6 Å². The molecule has 1 aromatic heterocycles. The number of hydrogen-bond donors (Lipinski definition) is 1. The minimum atomic E-state index is 0.0850. The van der Waals surface area contributed by atoms with Gasteiger partial charge in [-0.2, -0.15) is 0 Å². The Morgan fingerprint density at radius 1 is 1.19 bits per heavy atom. The van der Waals surface area contributed by atoms with Crippen molar-refractivity contribution in [1.29, 1.82) is 0 Å². The van der Waals surface area contributed by atoms with Gasteiger partial charge < -0.3 is 9.80 Å². The molecule has 26 heavy (non-hydrogen) atoms. The van der Waals surface area contributed by atoms with Crippen molar-refractivity contribution in [2.75, 3.05) is 20.6 Å². The van der Waals surface area contributed by atoms with Crippen LogP contribution in [0.2, 0.25) is 10.0 Å². The van der Waals surface area contributed by atoms with Gasteiger partial charge in [0.1, 0.15) is 11.6 Å². The summed E-state index contributed by atoms with van der Waals surface area (Å²) in [5.41, 5.74) is 2.04. The van der Waals surface area contributed by atoms with E-state index in [-0.39, 0.29) is 5.91 Å². The Hall–Kier alpha value is -1.66. The first-order valence-electron chi connectivity index (χ1n) is 8.26. The zero-order valence-corrected chi connectivity index (χ0v) is 17.0. The van der Waals surface area contributed by atoms with Gasteiger partial charge in [0.05, 0.1) is 33.9 Å². The highest BCUT2D eigenvalue weighted by Gasteiger charge is 2.17. The highest BCUT2D eigenvalue weighted by Crippen LogP contribution is 2.23. The number of likely N-dealkylation sites (N-methyl/N-ethyl adjacent to an activating group) is 2. The van der Waals surface area contributed by atoms with E-state index >= 15 is 0 Å². The van der Waals surface area contributed by atoms with E-state index in [0.29, 0.717) is 29.7 Å². The summed E-state index contributed by atoms with van der Waals surface area (Å²) in [4.78, 5) is 19.9. The number of nitrogens with zero attached hydrogens (tertiary/aromatic N) is 2. The molecule has 3 aromatic rings. The van der Waals surface area contributed by atoms with Crippen molar-refractivity contribution in [2.45, 2.75) is 13.1 Å². The van der Waals surface area contributed by atoms with E-state index in [4.69, 9.17) is 23.2 Å². The van der Waals surface area contributed by atoms with Gasteiger partial charge in [-0.1, -0.05) is 41.4 Å². The normalized spacial score (nSPS) is 12.3. The summed E-state index contributed by atoms with van der Waals surface area (Å²) in [6.07, 6.45) is 0. The second-order valence-corrected chi connectivity index (χ2v) is 8.31. The predicted octanol–water partition coefficient (Wildman–Crippen LogP) is 3.28. The first kappa shape index (κ1) is 19.1. The SMILES string of the molecule is CN(Cc1nc2ccccc2s1)C(=O)C[NH+](C)Cc1ccc(Cl)c(Cl)c1. The number of carbonyl (C=O) groups is 1. The fourth-order valence-corrected chi connectivity index (χ4v) is 4.07. The molecule has 0 aliphatic carbocycles. The molecule has 0 aliphatic rings. The van der Waals surface area contributed by atoms with Crippen LogP contribution in [0.3, 0.4) is 0 Å². The number of halogens is 2. The van der Waals surface area contributed by atoms with Gasteiger partial charge in [0.15, 0.2) is 6.54 Å². The van der Waals surface area contributed by atoms with Crippen LogP contribution in [0, 0.1) is 0 Å². The molecule has 136 valence electrons. The number of nitrogens with one attached hydrogen (secondary N) is 1. The van der Waals surface area contributed by atoms with Crippen LogP contribution in [0.25, 0.3) is 10.2 Å². The van der Waals surface area contributed by atoms with Crippen LogP contribution in [0.15, 0.2) is 42.5 Å². The molecule has 0 aliphatic heterocycles. The molecule has 1 amide bonds. The predicted molar refractivity (Wildman–Crippen MR) is 108 cm³/mol. The largest absolute Gasteiger partial charge is 0.334 e. The summed E-state index contributed by atoms with van der Waals surface area (Å²) >= 11 is 13.6. The number of hydrogen-bond acceptors (Lipinski definition) is 3. The van der Waals surface area contributed by atoms with Crippen molar-refractivity contribution >= 4 is 50.7 Å². The second-order valence-electron chi connectivity index (χ2n) is 6.38. The standard InChI is InChI=1S/C19H19Cl2N3OS/c1-23(10-13-7-8-14(20)15(21)9-13)12-19(25)24(2)11-18-22-16-5-3-4-6-17(16)26-18/h3-9H,10-12H2,1-2H3/p+1. The van der Waals surface area contributed by atoms with Gasteiger partial charge in [-0.25, -0.2) is 4.98 Å². The number of quaternary nitrogens is 1. The van der Waals surface area contributed by atoms with Gasteiger partial charge >= 0.3 is 0 Å². The highest BCUT2D eigenvalue weighted by molar-refractivity contribution is 7.18. The van der Waals surface area contributed by atoms with Crippen molar-refractivity contribution in [3.63, 3.8) is 0 Å². The van der Waals surface area contributed by atoms with Gasteiger partial charge in [-0.3, -0.25) is 4.79 Å². The van der Waals surface area contributed by atoms with Gasteiger partial charge in [0.25, 0.3) is 5.91 Å². The minimum Gasteiger partial charge on any atom is -0.334 e. The summed E-state index contributed by atoms with van der Waals surface area (Å²) in [6, 6.07) is 13.6. The van der Waals surface area contributed by atoms with Crippen molar-refractivity contribution in [3.05, 3.63) is 63.1 Å². The molecule has 0 radical (unpaired) electrons. The molecule has 1 N–H and O–H groups in total. The maximum absolute atomic E-state index is 12.5. The smallest absolute Gasteiger partial charge is 0.277 e. The fourth-order valence-electron chi connectivity index (χ4n) is 2.73. The molecule has 0 spiro atoms. The van der Waals surface area contributed by atoms with E-state index in [1.807, 2.05) is 50.5 Å². The van der Waals surface area contributed by atoms with Crippen LogP contribution in [0.4, 0.5) is 0 Å². The van der Waals surface area contributed by atoms with E-state index < -0.39 is 0 Å². The van der Waals surface area contributed by atoms with Gasteiger partial charge in [0.2, 0.25) is 0 Å². The monoisotopic (exact) mass is 408 g/mol. The second kappa shape index (κ2) is 8.35. The molecule has 1 atom stereocenters. The summed E-state index contributed by atoms with van der Waals surface area (Å²) in [7, 11) is 3.81. The molecule has 3 rings (SSSR count). The van der Waals surface area contributed by atoms with Crippen LogP contribution in [-0.2, 0) is 17.9 Å². The number of para-hydroxylation sites is 1. The van der Waals surface area contributed by atoms with Crippen molar-refractivity contribution in [2.24, 2.45) is 0 Å². The maximum atomic E-state index is 12.5. The van der Waals surface area contributed by atoms with E-state index in [1.165, 1.54) is 0 Å². The number of benzene rings is 2. The van der Waals surface area contributed by atoms with E-state index in [9.17, 15) is 4.79 Å². The van der Waals surface area contributed by atoms with Gasteiger partial charge in [-0.05, 0) is 24.3 Å². The van der Waals surface area contributed by atoms with Crippen LogP contribution in [0.5, 0.6) is 0 Å². The van der Waals surface area contributed by atoms with Crippen LogP contribution >= 0.6 is 34.5 Å². The fraction of sp³-hybridized carbons (Fsp3) is 0.263. The lowest BCUT2D eigenvalue weighted by atomic mass is 10.2. The first-order valence-corrected chi connectivity index (χ1v) is 9.83. The Bertz CT molecular complexity index is 895. The average molecular weight is 409 g/mol. The lowest BCUT2D eigenvalue weighted by Crippen LogP contribution is -3.08. The van der Waals surface area contributed by atoms with Gasteiger partial charge in [-0.15, -0.1) is 11.3 Å². The topological polar surface area (TPSA) is 37.6 Å². The van der Waals surface area contributed by atoms with Crippen molar-refractivity contribution in [3.8, 4) is 0 Å². The Morgan fingerprint density at radius 3 is 2.69 bits per heavy atom. The lowest BCUT2D eigenvalue weighted by molar-refractivity contribution is -0.885. The highest BCUT2D eigenvalue weighted by atomic mass is 35.5. The molecule has 0 saturated heterocycles. The molecule has 1 heterocycles. The molecular weight excluding hydrogens is 389 g/mol. The third-order valence-electron chi connectivity index (χ3n) is 4.08. The van der Waals surface area contributed by atoms with E-state index in [1.54, 1.807) is 22.3 Å². The number of thiazole rings is 1. The Labute approximate surface area is 167 Å². The zero-order chi connectivity index (χ0) is 18.7. The molecule has 2 aromatic carbocycles. The quantitative estimate of drug-likeness (QED) is 0.679. The Balaban J connectivity index is 1.56. The Morgan fingerprint density at radius 2 is 1.96 bits per heavy atom. The van der Waals surface area contributed by atoms with Crippen LogP contribution in [0.1, 0.15) is 10.6 Å². The molecule has 1 unspecified atom stereocenters. The van der Waals surface area contributed by atoms with Crippen molar-refractivity contribution < 1.29 is 9.69 Å². The molecule has 0 bridgehead atoms. The third-order valence-corrected chi connectivity index (χ3v) is 5.84. The van der Waals surface area contributed by atoms with Crippen molar-refractivity contribution in [1.82, 2.24) is 9.88 Å². The minimum absolute atomic E-state index is 0.0850. The Kier molecular flexibility index (Phi) is 6.14. The number of carbonyl (C=O) groups excluding carboxylic acids is 1. The summed E-state index contributed by atoms with van der Waals surface area (Å²) in [5.74, 6) is 0.0850. The number of amides is 1. The molecule has 4 nitrogen and oxygen atoms in total. The van der Waals surface area contributed by atoms with Crippen LogP contribution < -0.4 is 4.90 Å². The molecule has 0 fully saturated rings. The first-order chi connectivity index (χ1) is 12.4. The average Bonchev–Trinajstić information content (AvgIpc) is 3.00. The number of fused-ring (bicyclic) bond motifs is 1. The molecular formula is C19H20Cl2N3OS+. The third kappa shape index (κ3) is 4.74. The lowest BCUT2D eigenvalue weighted by Gasteiger charge is -2.19. The number of aromatic nitrogens is 1. The molecule has 0 saturated carbocycles. The van der Waals surface area contributed by atoms with E-state index in [0.717, 1.165) is 25.7 Å². The zero-order valence-electron chi connectivity index (χ0n) is 14.6.